The van der Waals surface area contributed by atoms with Crippen LogP contribution in [0, 0.1) is 23.5 Å². The Hall–Kier alpha value is -1.54. The number of carbonyl (C=O) groups excluding carboxylic acids is 1. The maximum Gasteiger partial charge on any atom is 0.243 e. The highest BCUT2D eigenvalue weighted by Crippen LogP contribution is 2.39. The fourth-order valence-electron chi connectivity index (χ4n) is 2.84. The number of carbonyl (C=O) groups is 1. The predicted octanol–water partition coefficient (Wildman–Crippen LogP) is 1.45. The molecule has 0 spiro atoms. The number of sulfonamides is 1. The van der Waals surface area contributed by atoms with Gasteiger partial charge >= 0.3 is 0 Å². The summed E-state index contributed by atoms with van der Waals surface area (Å²) in [6.07, 6.45) is 0.895. The SMILES string of the molecule is CC1CC1C(=O)N1CCN(S(=O)(=O)c2ccc(F)c(F)c2)CC1. The van der Waals surface area contributed by atoms with E-state index in [4.69, 9.17) is 0 Å². The molecule has 1 saturated heterocycles. The zero-order valence-corrected chi connectivity index (χ0v) is 13.5. The van der Waals surface area contributed by atoms with Gasteiger partial charge in [-0.25, -0.2) is 17.2 Å². The van der Waals surface area contributed by atoms with Crippen molar-refractivity contribution >= 4 is 15.9 Å². The maximum atomic E-state index is 13.3. The lowest BCUT2D eigenvalue weighted by atomic mass is 10.2. The fourth-order valence-corrected chi connectivity index (χ4v) is 4.27. The predicted molar refractivity (Wildman–Crippen MR) is 79.0 cm³/mol. The molecule has 0 bridgehead atoms. The number of halogens is 2. The fraction of sp³-hybridized carbons (Fsp3) is 0.533. The molecule has 5 nitrogen and oxygen atoms in total. The molecule has 2 aliphatic rings. The molecule has 2 fully saturated rings. The van der Waals surface area contributed by atoms with Gasteiger partial charge in [-0.05, 0) is 30.5 Å². The van der Waals surface area contributed by atoms with E-state index in [1.807, 2.05) is 6.92 Å². The molecule has 23 heavy (non-hydrogen) atoms. The van der Waals surface area contributed by atoms with Crippen LogP contribution in [0.3, 0.4) is 0 Å². The van der Waals surface area contributed by atoms with Crippen LogP contribution >= 0.6 is 0 Å². The Balaban J connectivity index is 1.68. The van der Waals surface area contributed by atoms with Gasteiger partial charge in [-0.15, -0.1) is 0 Å². The molecule has 1 aromatic rings. The van der Waals surface area contributed by atoms with Gasteiger partial charge in [0, 0.05) is 32.1 Å². The lowest BCUT2D eigenvalue weighted by molar-refractivity contribution is -0.134. The number of piperazine rings is 1. The van der Waals surface area contributed by atoms with Crippen LogP contribution in [0.25, 0.3) is 0 Å². The molecule has 1 aliphatic carbocycles. The normalized spacial score (nSPS) is 25.4. The minimum absolute atomic E-state index is 0.0735. The van der Waals surface area contributed by atoms with Crippen LogP contribution in [0.2, 0.25) is 0 Å². The van der Waals surface area contributed by atoms with Gasteiger partial charge in [-0.1, -0.05) is 6.92 Å². The van der Waals surface area contributed by atoms with Crippen molar-refractivity contribution < 1.29 is 22.0 Å². The summed E-state index contributed by atoms with van der Waals surface area (Å²) >= 11 is 0. The Bertz CT molecular complexity index is 730. The number of hydrogen-bond acceptors (Lipinski definition) is 3. The minimum atomic E-state index is -3.88. The zero-order valence-electron chi connectivity index (χ0n) is 12.7. The van der Waals surface area contributed by atoms with Crippen LogP contribution in [-0.2, 0) is 14.8 Å². The van der Waals surface area contributed by atoms with Gasteiger partial charge in [-0.2, -0.15) is 4.31 Å². The Morgan fingerprint density at radius 1 is 1.13 bits per heavy atom. The monoisotopic (exact) mass is 344 g/mol. The Labute approximate surface area is 133 Å². The van der Waals surface area contributed by atoms with Crippen molar-refractivity contribution in [1.29, 1.82) is 0 Å². The van der Waals surface area contributed by atoms with Gasteiger partial charge in [0.25, 0.3) is 0 Å². The Morgan fingerprint density at radius 3 is 2.26 bits per heavy atom. The molecule has 0 N–H and O–H groups in total. The average Bonchev–Trinajstić information content (AvgIpc) is 3.26. The lowest BCUT2D eigenvalue weighted by Crippen LogP contribution is -2.51. The molecular weight excluding hydrogens is 326 g/mol. The largest absolute Gasteiger partial charge is 0.340 e. The maximum absolute atomic E-state index is 13.3. The second kappa shape index (κ2) is 5.83. The summed E-state index contributed by atoms with van der Waals surface area (Å²) < 4.78 is 52.3. The zero-order chi connectivity index (χ0) is 16.8. The molecule has 2 atom stereocenters. The third-order valence-electron chi connectivity index (χ3n) is 4.51. The molecular formula is C15H18F2N2O3S. The van der Waals surface area contributed by atoms with E-state index in [0.29, 0.717) is 25.1 Å². The van der Waals surface area contributed by atoms with Crippen LogP contribution in [0.5, 0.6) is 0 Å². The molecule has 1 saturated carbocycles. The summed E-state index contributed by atoms with van der Waals surface area (Å²) in [5.41, 5.74) is 0. The first-order chi connectivity index (χ1) is 10.8. The van der Waals surface area contributed by atoms with E-state index in [1.165, 1.54) is 4.31 Å². The van der Waals surface area contributed by atoms with Crippen molar-refractivity contribution in [2.45, 2.75) is 18.2 Å². The topological polar surface area (TPSA) is 57.7 Å². The highest BCUT2D eigenvalue weighted by molar-refractivity contribution is 7.89. The van der Waals surface area contributed by atoms with Gasteiger partial charge in [0.15, 0.2) is 11.6 Å². The molecule has 8 heteroatoms. The third kappa shape index (κ3) is 3.10. The first kappa shape index (κ1) is 16.3. The quantitative estimate of drug-likeness (QED) is 0.834. The summed E-state index contributed by atoms with van der Waals surface area (Å²) in [7, 11) is -3.88. The number of rotatable bonds is 3. The van der Waals surface area contributed by atoms with Crippen molar-refractivity contribution in [1.82, 2.24) is 9.21 Å². The third-order valence-corrected chi connectivity index (χ3v) is 6.40. The molecule has 1 aliphatic heterocycles. The van der Waals surface area contributed by atoms with Crippen LogP contribution in [-0.4, -0.2) is 49.7 Å². The summed E-state index contributed by atoms with van der Waals surface area (Å²) in [6, 6.07) is 2.54. The first-order valence-electron chi connectivity index (χ1n) is 7.54. The molecule has 2 unspecified atom stereocenters. The number of benzene rings is 1. The van der Waals surface area contributed by atoms with E-state index in [1.54, 1.807) is 4.90 Å². The smallest absolute Gasteiger partial charge is 0.243 e. The van der Waals surface area contributed by atoms with Gasteiger partial charge in [-0.3, -0.25) is 4.79 Å². The minimum Gasteiger partial charge on any atom is -0.340 e. The number of amides is 1. The van der Waals surface area contributed by atoms with E-state index >= 15 is 0 Å². The standard InChI is InChI=1S/C15H18F2N2O3S/c1-10-8-12(10)15(20)18-4-6-19(7-5-18)23(21,22)11-2-3-13(16)14(17)9-11/h2-3,9-10,12H,4-8H2,1H3. The highest BCUT2D eigenvalue weighted by atomic mass is 32.2. The van der Waals surface area contributed by atoms with Crippen molar-refractivity contribution in [3.05, 3.63) is 29.8 Å². The van der Waals surface area contributed by atoms with Crippen molar-refractivity contribution in [3.63, 3.8) is 0 Å². The van der Waals surface area contributed by atoms with E-state index in [-0.39, 0.29) is 29.8 Å². The molecule has 1 amide bonds. The highest BCUT2D eigenvalue weighted by Gasteiger charge is 2.42. The van der Waals surface area contributed by atoms with Gasteiger partial charge in [0.05, 0.1) is 4.90 Å². The molecule has 1 aromatic carbocycles. The molecule has 0 aromatic heterocycles. The van der Waals surface area contributed by atoms with Crippen LogP contribution in [0.1, 0.15) is 13.3 Å². The van der Waals surface area contributed by atoms with E-state index in [0.717, 1.165) is 18.6 Å². The number of hydrogen-bond donors (Lipinski definition) is 0. The first-order valence-corrected chi connectivity index (χ1v) is 8.98. The lowest BCUT2D eigenvalue weighted by Gasteiger charge is -2.34. The van der Waals surface area contributed by atoms with Crippen molar-refractivity contribution in [2.75, 3.05) is 26.2 Å². The Kier molecular flexibility index (Phi) is 4.14. The van der Waals surface area contributed by atoms with Crippen molar-refractivity contribution in [2.24, 2.45) is 11.8 Å². The van der Waals surface area contributed by atoms with Gasteiger partial charge in [0.2, 0.25) is 15.9 Å². The molecule has 3 rings (SSSR count). The summed E-state index contributed by atoms with van der Waals surface area (Å²) in [5, 5.41) is 0. The van der Waals surface area contributed by atoms with Crippen LogP contribution in [0.15, 0.2) is 23.1 Å². The van der Waals surface area contributed by atoms with Crippen molar-refractivity contribution in [3.8, 4) is 0 Å². The second-order valence-electron chi connectivity index (χ2n) is 6.12. The van der Waals surface area contributed by atoms with Gasteiger partial charge < -0.3 is 4.90 Å². The summed E-state index contributed by atoms with van der Waals surface area (Å²) in [6.45, 7) is 2.99. The molecule has 1 heterocycles. The average molecular weight is 344 g/mol. The van der Waals surface area contributed by atoms with Gasteiger partial charge in [0.1, 0.15) is 0 Å². The molecule has 0 radical (unpaired) electrons. The summed E-state index contributed by atoms with van der Waals surface area (Å²) in [5.74, 6) is -1.71. The van der Waals surface area contributed by atoms with Crippen LogP contribution < -0.4 is 0 Å². The number of nitrogens with zero attached hydrogens (tertiary/aromatic N) is 2. The van der Waals surface area contributed by atoms with E-state index in [2.05, 4.69) is 0 Å². The van der Waals surface area contributed by atoms with E-state index < -0.39 is 21.7 Å². The van der Waals surface area contributed by atoms with E-state index in [9.17, 15) is 22.0 Å². The second-order valence-corrected chi connectivity index (χ2v) is 8.06. The Morgan fingerprint density at radius 2 is 1.74 bits per heavy atom. The summed E-state index contributed by atoms with van der Waals surface area (Å²) in [4.78, 5) is 13.6. The van der Waals surface area contributed by atoms with Crippen LogP contribution in [0.4, 0.5) is 8.78 Å². The molecule has 126 valence electrons.